The number of benzene rings is 3. The van der Waals surface area contributed by atoms with Crippen LogP contribution in [-0.4, -0.2) is 19.7 Å². The molecular weight excluding hydrogens is 408 g/mol. The van der Waals surface area contributed by atoms with Gasteiger partial charge in [-0.1, -0.05) is 42.5 Å². The molecule has 0 radical (unpaired) electrons. The maximum Gasteiger partial charge on any atom is 0.199 e. The lowest BCUT2D eigenvalue weighted by atomic mass is 10.1. The average molecular weight is 425 g/mol. The minimum absolute atomic E-state index is 0.175. The molecule has 0 aliphatic rings. The second-order valence-electron chi connectivity index (χ2n) is 6.87. The summed E-state index contributed by atoms with van der Waals surface area (Å²) in [5.74, 6) is -1.26. The van der Waals surface area contributed by atoms with E-state index in [-0.39, 0.29) is 10.7 Å². The fourth-order valence-electron chi connectivity index (χ4n) is 3.10. The predicted octanol–water partition coefficient (Wildman–Crippen LogP) is 5.28. The van der Waals surface area contributed by atoms with Crippen LogP contribution in [0.2, 0.25) is 0 Å². The van der Waals surface area contributed by atoms with Crippen molar-refractivity contribution in [1.29, 1.82) is 0 Å². The van der Waals surface area contributed by atoms with Gasteiger partial charge in [0.2, 0.25) is 0 Å². The Bertz CT molecular complexity index is 1300. The summed E-state index contributed by atoms with van der Waals surface area (Å²) in [4.78, 5) is 4.74. The molecule has 0 N–H and O–H groups in total. The quantitative estimate of drug-likeness (QED) is 0.436. The predicted molar refractivity (Wildman–Crippen MR) is 110 cm³/mol. The van der Waals surface area contributed by atoms with Crippen LogP contribution in [0.3, 0.4) is 0 Å². The number of halogens is 2. The van der Waals surface area contributed by atoms with Crippen LogP contribution in [0, 0.1) is 11.6 Å². The number of nitrogens with zero attached hydrogens (tertiary/aromatic N) is 1. The summed E-state index contributed by atoms with van der Waals surface area (Å²) < 4.78 is 56.6. The van der Waals surface area contributed by atoms with Crippen LogP contribution < -0.4 is 0 Å². The van der Waals surface area contributed by atoms with Gasteiger partial charge in [-0.25, -0.2) is 22.2 Å². The van der Waals surface area contributed by atoms with Gasteiger partial charge in [-0.3, -0.25) is 0 Å². The molecule has 4 aromatic rings. The van der Waals surface area contributed by atoms with Crippen molar-refractivity contribution in [2.24, 2.45) is 0 Å². The van der Waals surface area contributed by atoms with E-state index in [4.69, 9.17) is 4.42 Å². The molecule has 0 atom stereocenters. The highest BCUT2D eigenvalue weighted by Gasteiger charge is 2.19. The van der Waals surface area contributed by atoms with E-state index in [9.17, 15) is 17.2 Å². The van der Waals surface area contributed by atoms with Crippen LogP contribution in [0.25, 0.3) is 22.6 Å². The molecule has 1 aromatic heterocycles. The number of hydrogen-bond acceptors (Lipinski definition) is 4. The van der Waals surface area contributed by atoms with Gasteiger partial charge in [0.25, 0.3) is 0 Å². The molecule has 4 rings (SSSR count). The van der Waals surface area contributed by atoms with E-state index in [1.54, 1.807) is 12.1 Å². The molecule has 152 valence electrons. The van der Waals surface area contributed by atoms with Gasteiger partial charge in [0.15, 0.2) is 33.1 Å². The smallest absolute Gasteiger partial charge is 0.199 e. The van der Waals surface area contributed by atoms with Crippen LogP contribution in [-0.2, 0) is 16.3 Å². The van der Waals surface area contributed by atoms with Crippen molar-refractivity contribution in [2.75, 3.05) is 6.26 Å². The molecule has 0 amide bonds. The van der Waals surface area contributed by atoms with Crippen LogP contribution in [0.4, 0.5) is 8.78 Å². The summed E-state index contributed by atoms with van der Waals surface area (Å²) in [5.41, 5.74) is 2.34. The molecule has 0 aliphatic carbocycles. The maximum absolute atomic E-state index is 13.8. The van der Waals surface area contributed by atoms with E-state index in [1.165, 1.54) is 18.2 Å². The van der Waals surface area contributed by atoms with Crippen LogP contribution in [0.1, 0.15) is 11.5 Å². The van der Waals surface area contributed by atoms with Gasteiger partial charge < -0.3 is 4.42 Å². The Morgan fingerprint density at radius 2 is 1.53 bits per heavy atom. The Morgan fingerprint density at radius 3 is 2.17 bits per heavy atom. The number of aromatic nitrogens is 1. The molecular formula is C23H17F2NO3S. The van der Waals surface area contributed by atoms with Gasteiger partial charge in [-0.15, -0.1) is 0 Å². The monoisotopic (exact) mass is 425 g/mol. The van der Waals surface area contributed by atoms with Crippen molar-refractivity contribution in [3.05, 3.63) is 95.9 Å². The van der Waals surface area contributed by atoms with E-state index < -0.39 is 21.5 Å². The number of oxazole rings is 1. The van der Waals surface area contributed by atoms with Crippen molar-refractivity contribution in [3.63, 3.8) is 0 Å². The second-order valence-corrected chi connectivity index (χ2v) is 8.89. The van der Waals surface area contributed by atoms with Gasteiger partial charge in [-0.2, -0.15) is 0 Å². The first-order chi connectivity index (χ1) is 14.3. The van der Waals surface area contributed by atoms with Crippen LogP contribution >= 0.6 is 0 Å². The lowest BCUT2D eigenvalue weighted by molar-refractivity contribution is 0.504. The van der Waals surface area contributed by atoms with Gasteiger partial charge in [0.05, 0.1) is 4.90 Å². The Labute approximate surface area is 172 Å². The Kier molecular flexibility index (Phi) is 5.22. The van der Waals surface area contributed by atoms with E-state index in [0.29, 0.717) is 29.1 Å². The Hall–Kier alpha value is -3.32. The number of sulfone groups is 1. The summed E-state index contributed by atoms with van der Waals surface area (Å²) in [6.07, 6.45) is 1.54. The first-order valence-corrected chi connectivity index (χ1v) is 11.0. The van der Waals surface area contributed by atoms with Crippen molar-refractivity contribution in [1.82, 2.24) is 4.98 Å². The molecule has 0 fully saturated rings. The molecule has 0 bridgehead atoms. The molecule has 4 nitrogen and oxygen atoms in total. The SMILES string of the molecule is CS(=O)(=O)c1ccc(-c2nc(Cc3ccccc3)oc2-c2ccc(F)c(F)c2)cc1. The van der Waals surface area contributed by atoms with Crippen molar-refractivity contribution >= 4 is 9.84 Å². The first-order valence-electron chi connectivity index (χ1n) is 9.11. The van der Waals surface area contributed by atoms with E-state index in [0.717, 1.165) is 24.0 Å². The zero-order valence-electron chi connectivity index (χ0n) is 16.0. The lowest BCUT2D eigenvalue weighted by Gasteiger charge is -2.04. The van der Waals surface area contributed by atoms with Crippen LogP contribution in [0.5, 0.6) is 0 Å². The van der Waals surface area contributed by atoms with E-state index in [1.807, 2.05) is 30.3 Å². The highest BCUT2D eigenvalue weighted by molar-refractivity contribution is 7.90. The number of hydrogen-bond donors (Lipinski definition) is 0. The fourth-order valence-corrected chi connectivity index (χ4v) is 3.73. The van der Waals surface area contributed by atoms with E-state index in [2.05, 4.69) is 4.98 Å². The third-order valence-corrected chi connectivity index (χ3v) is 5.74. The highest BCUT2D eigenvalue weighted by atomic mass is 32.2. The minimum Gasteiger partial charge on any atom is -0.440 e. The summed E-state index contributed by atoms with van der Waals surface area (Å²) in [6, 6.07) is 19.3. The fraction of sp³-hybridized carbons (Fsp3) is 0.0870. The molecule has 0 saturated heterocycles. The summed E-state index contributed by atoms with van der Waals surface area (Å²) in [7, 11) is -3.35. The van der Waals surface area contributed by atoms with Crippen molar-refractivity contribution in [3.8, 4) is 22.6 Å². The van der Waals surface area contributed by atoms with E-state index >= 15 is 0 Å². The topological polar surface area (TPSA) is 60.2 Å². The Balaban J connectivity index is 1.81. The van der Waals surface area contributed by atoms with Gasteiger partial charge in [0, 0.05) is 23.8 Å². The molecule has 0 aliphatic heterocycles. The molecule has 1 heterocycles. The third-order valence-electron chi connectivity index (χ3n) is 4.61. The lowest BCUT2D eigenvalue weighted by Crippen LogP contribution is -1.96. The standard InChI is InChI=1S/C23H17F2NO3S/c1-30(27,28)18-10-7-16(8-11-18)22-23(17-9-12-19(24)20(25)14-17)29-21(26-22)13-15-5-3-2-4-6-15/h2-12,14H,13H2,1H3. The maximum atomic E-state index is 13.8. The number of rotatable bonds is 5. The zero-order valence-corrected chi connectivity index (χ0v) is 16.8. The molecule has 7 heteroatoms. The minimum atomic E-state index is -3.35. The van der Waals surface area contributed by atoms with Gasteiger partial charge in [-0.05, 0) is 35.9 Å². The summed E-state index contributed by atoms with van der Waals surface area (Å²) in [5, 5.41) is 0. The zero-order chi connectivity index (χ0) is 21.3. The van der Waals surface area contributed by atoms with Gasteiger partial charge in [0.1, 0.15) is 5.69 Å². The second kappa shape index (κ2) is 7.84. The third kappa shape index (κ3) is 4.16. The largest absolute Gasteiger partial charge is 0.440 e. The summed E-state index contributed by atoms with van der Waals surface area (Å²) >= 11 is 0. The molecule has 0 spiro atoms. The molecule has 30 heavy (non-hydrogen) atoms. The first kappa shape index (κ1) is 20.0. The van der Waals surface area contributed by atoms with Gasteiger partial charge >= 0.3 is 0 Å². The molecule has 3 aromatic carbocycles. The highest BCUT2D eigenvalue weighted by Crippen LogP contribution is 2.34. The van der Waals surface area contributed by atoms with Crippen LogP contribution in [0.15, 0.2) is 82.1 Å². The average Bonchev–Trinajstić information content (AvgIpc) is 3.14. The Morgan fingerprint density at radius 1 is 0.867 bits per heavy atom. The molecule has 0 saturated carbocycles. The normalized spacial score (nSPS) is 11.6. The summed E-state index contributed by atoms with van der Waals surface area (Å²) in [6.45, 7) is 0. The molecule has 0 unspecified atom stereocenters. The van der Waals surface area contributed by atoms with Crippen molar-refractivity contribution < 1.29 is 21.6 Å². The van der Waals surface area contributed by atoms with Crippen molar-refractivity contribution in [2.45, 2.75) is 11.3 Å².